The van der Waals surface area contributed by atoms with Crippen LogP contribution in [0.1, 0.15) is 39.5 Å². The first-order valence-electron chi connectivity index (χ1n) is 9.76. The Kier molecular flexibility index (Phi) is 4.25. The SMILES string of the molecule is CC(C)C1CN(C2CC3CN(C4CCCN(C)C4)CC3C2)C1. The molecule has 0 aromatic rings. The molecule has 0 aromatic heterocycles. The fourth-order valence-electron chi connectivity index (χ4n) is 5.61. The molecule has 3 unspecified atom stereocenters. The maximum Gasteiger partial charge on any atom is 0.0223 e. The molecular formula is C19H35N3. The Bertz CT molecular complexity index is 376. The average Bonchev–Trinajstić information content (AvgIpc) is 2.94. The van der Waals surface area contributed by atoms with Crippen LogP contribution in [0.25, 0.3) is 0 Å². The molecule has 126 valence electrons. The monoisotopic (exact) mass is 305 g/mol. The lowest BCUT2D eigenvalue weighted by molar-refractivity contribution is 0.0241. The molecule has 3 heterocycles. The number of likely N-dealkylation sites (N-methyl/N-ethyl adjacent to an activating group) is 1. The van der Waals surface area contributed by atoms with Crippen molar-refractivity contribution in [3.8, 4) is 0 Å². The Balaban J connectivity index is 1.26. The van der Waals surface area contributed by atoms with E-state index in [9.17, 15) is 0 Å². The first-order chi connectivity index (χ1) is 10.6. The van der Waals surface area contributed by atoms with Crippen LogP contribution in [0.3, 0.4) is 0 Å². The average molecular weight is 306 g/mol. The van der Waals surface area contributed by atoms with Crippen LogP contribution in [0, 0.1) is 23.7 Å². The number of likely N-dealkylation sites (tertiary alicyclic amines) is 3. The summed E-state index contributed by atoms with van der Waals surface area (Å²) in [6.07, 6.45) is 5.83. The summed E-state index contributed by atoms with van der Waals surface area (Å²) in [5.74, 6) is 3.89. The van der Waals surface area contributed by atoms with E-state index in [1.165, 1.54) is 65.0 Å². The molecule has 3 atom stereocenters. The van der Waals surface area contributed by atoms with Crippen LogP contribution in [-0.4, -0.2) is 73.1 Å². The minimum atomic E-state index is 0.858. The van der Waals surface area contributed by atoms with Crippen LogP contribution in [0.15, 0.2) is 0 Å². The third-order valence-corrected chi connectivity index (χ3v) is 7.27. The first-order valence-corrected chi connectivity index (χ1v) is 9.76. The molecule has 0 aromatic carbocycles. The summed E-state index contributed by atoms with van der Waals surface area (Å²) in [7, 11) is 2.30. The minimum absolute atomic E-state index is 0.858. The standard InChI is InChI=1S/C19H35N3/c1-14(2)17-11-22(12-17)19-7-15-9-21(10-16(15)8-19)18-5-4-6-20(3)13-18/h14-19H,4-13H2,1-3H3. The molecule has 3 nitrogen and oxygen atoms in total. The molecule has 3 saturated heterocycles. The second-order valence-corrected chi connectivity index (χ2v) is 9.12. The summed E-state index contributed by atoms with van der Waals surface area (Å²) in [6.45, 7) is 13.0. The lowest BCUT2D eigenvalue weighted by atomic mass is 9.87. The van der Waals surface area contributed by atoms with Crippen LogP contribution in [-0.2, 0) is 0 Å². The van der Waals surface area contributed by atoms with Gasteiger partial charge in [0.2, 0.25) is 0 Å². The van der Waals surface area contributed by atoms with Gasteiger partial charge in [0.1, 0.15) is 0 Å². The van der Waals surface area contributed by atoms with Crippen LogP contribution in [0.4, 0.5) is 0 Å². The van der Waals surface area contributed by atoms with Gasteiger partial charge in [-0.05, 0) is 62.9 Å². The summed E-state index contributed by atoms with van der Waals surface area (Å²) in [5.41, 5.74) is 0. The zero-order valence-corrected chi connectivity index (χ0v) is 14.9. The maximum atomic E-state index is 2.86. The van der Waals surface area contributed by atoms with Crippen LogP contribution < -0.4 is 0 Å². The van der Waals surface area contributed by atoms with Crippen molar-refractivity contribution in [2.24, 2.45) is 23.7 Å². The zero-order chi connectivity index (χ0) is 15.3. The van der Waals surface area contributed by atoms with Crippen molar-refractivity contribution < 1.29 is 0 Å². The molecule has 4 fully saturated rings. The van der Waals surface area contributed by atoms with Gasteiger partial charge < -0.3 is 4.90 Å². The number of piperidine rings is 1. The Labute approximate surface area is 137 Å². The lowest BCUT2D eigenvalue weighted by Gasteiger charge is -2.46. The van der Waals surface area contributed by atoms with Gasteiger partial charge in [-0.25, -0.2) is 0 Å². The number of rotatable bonds is 3. The van der Waals surface area contributed by atoms with Gasteiger partial charge in [0.05, 0.1) is 0 Å². The predicted molar refractivity (Wildman–Crippen MR) is 92.0 cm³/mol. The predicted octanol–water partition coefficient (Wildman–Crippen LogP) is 2.38. The third-order valence-electron chi connectivity index (χ3n) is 7.27. The molecule has 0 amide bonds. The Morgan fingerprint density at radius 2 is 1.45 bits per heavy atom. The topological polar surface area (TPSA) is 9.72 Å². The van der Waals surface area contributed by atoms with Gasteiger partial charge in [-0.1, -0.05) is 13.8 Å². The van der Waals surface area contributed by atoms with Gasteiger partial charge in [0, 0.05) is 44.8 Å². The molecule has 4 aliphatic rings. The fourth-order valence-corrected chi connectivity index (χ4v) is 5.61. The van der Waals surface area contributed by atoms with Gasteiger partial charge in [-0.15, -0.1) is 0 Å². The molecule has 3 aliphatic heterocycles. The smallest absolute Gasteiger partial charge is 0.0223 e. The zero-order valence-electron chi connectivity index (χ0n) is 14.9. The third kappa shape index (κ3) is 2.85. The van der Waals surface area contributed by atoms with E-state index in [4.69, 9.17) is 0 Å². The highest BCUT2D eigenvalue weighted by Crippen LogP contribution is 2.43. The summed E-state index contributed by atoms with van der Waals surface area (Å²) >= 11 is 0. The first kappa shape index (κ1) is 15.4. The second-order valence-electron chi connectivity index (χ2n) is 9.12. The second kappa shape index (κ2) is 6.07. The molecule has 0 bridgehead atoms. The summed E-state index contributed by atoms with van der Waals surface area (Å²) in [5, 5.41) is 0. The van der Waals surface area contributed by atoms with E-state index >= 15 is 0 Å². The van der Waals surface area contributed by atoms with Gasteiger partial charge in [0.15, 0.2) is 0 Å². The fraction of sp³-hybridized carbons (Fsp3) is 1.00. The number of nitrogens with zero attached hydrogens (tertiary/aromatic N) is 3. The highest BCUT2D eigenvalue weighted by atomic mass is 15.3. The van der Waals surface area contributed by atoms with Gasteiger partial charge >= 0.3 is 0 Å². The van der Waals surface area contributed by atoms with Crippen LogP contribution >= 0.6 is 0 Å². The van der Waals surface area contributed by atoms with E-state index in [2.05, 4.69) is 35.6 Å². The van der Waals surface area contributed by atoms with Crippen LogP contribution in [0.5, 0.6) is 0 Å². The highest BCUT2D eigenvalue weighted by molar-refractivity contribution is 5.00. The van der Waals surface area contributed by atoms with E-state index < -0.39 is 0 Å². The Hall–Kier alpha value is -0.120. The van der Waals surface area contributed by atoms with E-state index in [0.717, 1.165) is 35.8 Å². The van der Waals surface area contributed by atoms with E-state index in [0.29, 0.717) is 0 Å². The number of hydrogen-bond donors (Lipinski definition) is 0. The molecule has 0 radical (unpaired) electrons. The summed E-state index contributed by atoms with van der Waals surface area (Å²) in [4.78, 5) is 8.20. The Morgan fingerprint density at radius 3 is 2.05 bits per heavy atom. The number of hydrogen-bond acceptors (Lipinski definition) is 3. The molecule has 0 spiro atoms. The van der Waals surface area contributed by atoms with Crippen LogP contribution in [0.2, 0.25) is 0 Å². The number of fused-ring (bicyclic) bond motifs is 1. The maximum absolute atomic E-state index is 2.86. The van der Waals surface area contributed by atoms with Gasteiger partial charge in [-0.2, -0.15) is 0 Å². The minimum Gasteiger partial charge on any atom is -0.305 e. The molecule has 3 heteroatoms. The largest absolute Gasteiger partial charge is 0.305 e. The van der Waals surface area contributed by atoms with Crippen molar-refractivity contribution in [1.29, 1.82) is 0 Å². The summed E-state index contributed by atoms with van der Waals surface area (Å²) in [6, 6.07) is 1.79. The van der Waals surface area contributed by atoms with E-state index in [-0.39, 0.29) is 0 Å². The van der Waals surface area contributed by atoms with E-state index in [1.807, 2.05) is 0 Å². The van der Waals surface area contributed by atoms with Crippen molar-refractivity contribution >= 4 is 0 Å². The normalized spacial score (nSPS) is 42.0. The molecule has 0 N–H and O–H groups in total. The highest BCUT2D eigenvalue weighted by Gasteiger charge is 2.46. The quantitative estimate of drug-likeness (QED) is 0.793. The molecular weight excluding hydrogens is 270 g/mol. The van der Waals surface area contributed by atoms with E-state index in [1.54, 1.807) is 0 Å². The summed E-state index contributed by atoms with van der Waals surface area (Å²) < 4.78 is 0. The van der Waals surface area contributed by atoms with Crippen molar-refractivity contribution in [2.75, 3.05) is 46.3 Å². The van der Waals surface area contributed by atoms with Gasteiger partial charge in [-0.3, -0.25) is 9.80 Å². The van der Waals surface area contributed by atoms with Crippen molar-refractivity contribution in [3.05, 3.63) is 0 Å². The van der Waals surface area contributed by atoms with Gasteiger partial charge in [0.25, 0.3) is 0 Å². The van der Waals surface area contributed by atoms with Crippen molar-refractivity contribution in [1.82, 2.24) is 14.7 Å². The van der Waals surface area contributed by atoms with Crippen molar-refractivity contribution in [3.63, 3.8) is 0 Å². The Morgan fingerprint density at radius 1 is 0.818 bits per heavy atom. The van der Waals surface area contributed by atoms with Crippen molar-refractivity contribution in [2.45, 2.75) is 51.6 Å². The molecule has 4 rings (SSSR count). The lowest BCUT2D eigenvalue weighted by Crippen LogP contribution is -2.53. The molecule has 1 saturated carbocycles. The molecule has 22 heavy (non-hydrogen) atoms. The molecule has 1 aliphatic carbocycles.